The lowest BCUT2D eigenvalue weighted by molar-refractivity contribution is -0.154. The lowest BCUT2D eigenvalue weighted by Crippen LogP contribution is -2.25. The Morgan fingerprint density at radius 2 is 1.57 bits per heavy atom. The molecule has 30 heavy (non-hydrogen) atoms. The van der Waals surface area contributed by atoms with Gasteiger partial charge in [0, 0.05) is 31.1 Å². The van der Waals surface area contributed by atoms with Gasteiger partial charge in [0.25, 0.3) is 0 Å². The van der Waals surface area contributed by atoms with Crippen molar-refractivity contribution in [1.82, 2.24) is 10.3 Å². The topological polar surface area (TPSA) is 51.2 Å². The molecule has 4 nitrogen and oxygen atoms in total. The van der Waals surface area contributed by atoms with Crippen LogP contribution in [-0.4, -0.2) is 23.7 Å². The molecule has 0 aliphatic rings. The Morgan fingerprint density at radius 1 is 0.967 bits per heavy atom. The summed E-state index contributed by atoms with van der Waals surface area (Å²) in [7, 11) is 0. The molecule has 3 rings (SSSR count). The summed E-state index contributed by atoms with van der Waals surface area (Å²) in [6.07, 6.45) is -2.84. The van der Waals surface area contributed by atoms with Gasteiger partial charge in [-0.1, -0.05) is 60.7 Å². The van der Waals surface area contributed by atoms with Crippen LogP contribution in [0.25, 0.3) is 0 Å². The monoisotopic (exact) mass is 414 g/mol. The number of amides is 1. The van der Waals surface area contributed by atoms with E-state index >= 15 is 0 Å². The van der Waals surface area contributed by atoms with E-state index in [2.05, 4.69) is 15.0 Å². The number of rotatable bonds is 8. The van der Waals surface area contributed by atoms with Crippen molar-refractivity contribution in [2.75, 3.05) is 6.61 Å². The third kappa shape index (κ3) is 6.62. The normalized spacial score (nSPS) is 11.3. The average molecular weight is 414 g/mol. The first-order valence-electron chi connectivity index (χ1n) is 9.42. The summed E-state index contributed by atoms with van der Waals surface area (Å²) in [5, 5.41) is 2.82. The van der Waals surface area contributed by atoms with Crippen molar-refractivity contribution in [3.8, 4) is 5.88 Å². The number of alkyl halides is 3. The zero-order chi connectivity index (χ0) is 21.4. The molecular formula is C23H21F3N2O2. The third-order valence-corrected chi connectivity index (χ3v) is 4.47. The Balaban J connectivity index is 1.63. The molecule has 0 radical (unpaired) electrons. The third-order valence-electron chi connectivity index (χ3n) is 4.47. The van der Waals surface area contributed by atoms with Gasteiger partial charge in [-0.25, -0.2) is 4.98 Å². The van der Waals surface area contributed by atoms with Crippen LogP contribution in [0.15, 0.2) is 79.0 Å². The zero-order valence-electron chi connectivity index (χ0n) is 16.1. The van der Waals surface area contributed by atoms with Crippen LogP contribution in [0.4, 0.5) is 13.2 Å². The van der Waals surface area contributed by atoms with E-state index in [1.807, 2.05) is 60.7 Å². The highest BCUT2D eigenvalue weighted by Crippen LogP contribution is 2.27. The highest BCUT2D eigenvalue weighted by Gasteiger charge is 2.28. The fourth-order valence-corrected chi connectivity index (χ4v) is 3.05. The lowest BCUT2D eigenvalue weighted by atomic mass is 9.88. The molecule has 0 aliphatic carbocycles. The number of nitrogens with zero attached hydrogens (tertiary/aromatic N) is 1. The fourth-order valence-electron chi connectivity index (χ4n) is 3.05. The van der Waals surface area contributed by atoms with Crippen molar-refractivity contribution in [3.05, 3.63) is 95.7 Å². The molecule has 156 valence electrons. The van der Waals surface area contributed by atoms with Gasteiger partial charge in [-0.15, -0.1) is 0 Å². The Bertz CT molecular complexity index is 908. The number of aromatic nitrogens is 1. The van der Waals surface area contributed by atoms with Crippen molar-refractivity contribution >= 4 is 5.91 Å². The maximum atomic E-state index is 12.6. The largest absolute Gasteiger partial charge is 0.468 e. The molecule has 1 heterocycles. The van der Waals surface area contributed by atoms with Crippen LogP contribution >= 0.6 is 0 Å². The van der Waals surface area contributed by atoms with Crippen LogP contribution < -0.4 is 10.1 Å². The van der Waals surface area contributed by atoms with Gasteiger partial charge in [-0.2, -0.15) is 13.2 Å². The Hall–Kier alpha value is -3.35. The van der Waals surface area contributed by atoms with Crippen LogP contribution in [-0.2, 0) is 11.3 Å². The highest BCUT2D eigenvalue weighted by atomic mass is 19.4. The number of benzene rings is 2. The molecule has 0 spiro atoms. The number of carbonyl (C=O) groups excluding carboxylic acids is 1. The molecule has 0 bridgehead atoms. The molecule has 2 aromatic carbocycles. The van der Waals surface area contributed by atoms with Crippen molar-refractivity contribution in [2.24, 2.45) is 0 Å². The number of ether oxygens (including phenoxy) is 1. The molecule has 0 unspecified atom stereocenters. The first kappa shape index (κ1) is 21.4. The molecule has 1 amide bonds. The number of carbonyl (C=O) groups is 1. The molecule has 0 atom stereocenters. The molecule has 0 fully saturated rings. The van der Waals surface area contributed by atoms with E-state index in [1.54, 1.807) is 6.07 Å². The van der Waals surface area contributed by atoms with Crippen LogP contribution in [0.1, 0.15) is 29.0 Å². The molecule has 7 heteroatoms. The molecule has 0 saturated carbocycles. The summed E-state index contributed by atoms with van der Waals surface area (Å²) in [6, 6.07) is 22.5. The maximum absolute atomic E-state index is 12.6. The minimum absolute atomic E-state index is 0.101. The minimum Gasteiger partial charge on any atom is -0.468 e. The van der Waals surface area contributed by atoms with Gasteiger partial charge < -0.3 is 10.1 Å². The smallest absolute Gasteiger partial charge is 0.422 e. The van der Waals surface area contributed by atoms with Crippen LogP contribution in [0.2, 0.25) is 0 Å². The highest BCUT2D eigenvalue weighted by molar-refractivity contribution is 5.77. The Labute approximate surface area is 172 Å². The Kier molecular flexibility index (Phi) is 7.06. The predicted molar refractivity (Wildman–Crippen MR) is 107 cm³/mol. The molecule has 1 N–H and O–H groups in total. The van der Waals surface area contributed by atoms with Gasteiger partial charge >= 0.3 is 6.18 Å². The number of nitrogens with one attached hydrogen (secondary N) is 1. The van der Waals surface area contributed by atoms with Gasteiger partial charge in [0.1, 0.15) is 0 Å². The Morgan fingerprint density at radius 3 is 2.13 bits per heavy atom. The number of hydrogen-bond acceptors (Lipinski definition) is 3. The summed E-state index contributed by atoms with van der Waals surface area (Å²) >= 11 is 0. The van der Waals surface area contributed by atoms with Crippen LogP contribution in [0, 0.1) is 0 Å². The number of hydrogen-bond donors (Lipinski definition) is 1. The summed E-state index contributed by atoms with van der Waals surface area (Å²) in [6.45, 7) is -1.24. The summed E-state index contributed by atoms with van der Waals surface area (Å²) < 4.78 is 41.5. The fraction of sp³-hybridized carbons (Fsp3) is 0.217. The molecule has 0 aliphatic heterocycles. The second-order valence-electron chi connectivity index (χ2n) is 6.76. The van der Waals surface area contributed by atoms with Crippen LogP contribution in [0.3, 0.4) is 0 Å². The zero-order valence-corrected chi connectivity index (χ0v) is 16.1. The van der Waals surface area contributed by atoms with Crippen molar-refractivity contribution in [1.29, 1.82) is 0 Å². The van der Waals surface area contributed by atoms with Crippen molar-refractivity contribution < 1.29 is 22.7 Å². The molecular weight excluding hydrogens is 393 g/mol. The quantitative estimate of drug-likeness (QED) is 0.573. The minimum atomic E-state index is -4.43. The number of pyridine rings is 1. The average Bonchev–Trinajstić information content (AvgIpc) is 2.76. The van der Waals surface area contributed by atoms with Gasteiger partial charge in [0.05, 0.1) is 0 Å². The van der Waals surface area contributed by atoms with Gasteiger partial charge in [0.2, 0.25) is 11.8 Å². The van der Waals surface area contributed by atoms with Gasteiger partial charge in [0.15, 0.2) is 6.61 Å². The standard InChI is InChI=1S/C23H21F3N2O2/c24-23(25,26)16-30-22-13-17(11-12-27-22)15-28-21(29)14-20(18-7-3-1-4-8-18)19-9-5-2-6-10-19/h1-13,20H,14-16H2,(H,28,29). The van der Waals surface area contributed by atoms with E-state index in [4.69, 9.17) is 0 Å². The first-order chi connectivity index (χ1) is 14.4. The number of halogens is 3. The molecule has 0 saturated heterocycles. The molecule has 3 aromatic rings. The summed E-state index contributed by atoms with van der Waals surface area (Å²) in [5.41, 5.74) is 2.67. The SMILES string of the molecule is O=C(CC(c1ccccc1)c1ccccc1)NCc1ccnc(OCC(F)(F)F)c1. The van der Waals surface area contributed by atoms with Gasteiger partial charge in [-0.3, -0.25) is 4.79 Å². The summed E-state index contributed by atoms with van der Waals surface area (Å²) in [4.78, 5) is 16.4. The van der Waals surface area contributed by atoms with Crippen molar-refractivity contribution in [2.45, 2.75) is 25.1 Å². The first-order valence-corrected chi connectivity index (χ1v) is 9.42. The van der Waals surface area contributed by atoms with Crippen molar-refractivity contribution in [3.63, 3.8) is 0 Å². The van der Waals surface area contributed by atoms with E-state index in [1.165, 1.54) is 12.3 Å². The predicted octanol–water partition coefficient (Wildman–Crippen LogP) is 4.86. The second-order valence-corrected chi connectivity index (χ2v) is 6.76. The summed E-state index contributed by atoms with van der Waals surface area (Å²) in [5.74, 6) is -0.400. The van der Waals surface area contributed by atoms with E-state index in [-0.39, 0.29) is 30.7 Å². The maximum Gasteiger partial charge on any atom is 0.422 e. The van der Waals surface area contributed by atoms with E-state index in [9.17, 15) is 18.0 Å². The van der Waals surface area contributed by atoms with E-state index in [0.717, 1.165) is 11.1 Å². The second kappa shape index (κ2) is 9.91. The van der Waals surface area contributed by atoms with Gasteiger partial charge in [-0.05, 0) is 22.8 Å². The lowest BCUT2D eigenvalue weighted by Gasteiger charge is -2.18. The van der Waals surface area contributed by atoms with E-state index in [0.29, 0.717) is 5.56 Å². The van der Waals surface area contributed by atoms with E-state index < -0.39 is 12.8 Å². The van der Waals surface area contributed by atoms with Crippen LogP contribution in [0.5, 0.6) is 5.88 Å². The molecule has 1 aromatic heterocycles.